The van der Waals surface area contributed by atoms with Gasteiger partial charge in [-0.25, -0.2) is 0 Å². The van der Waals surface area contributed by atoms with Crippen LogP contribution in [0.25, 0.3) is 0 Å². The molecule has 2 fully saturated rings. The van der Waals surface area contributed by atoms with Crippen molar-refractivity contribution in [2.75, 3.05) is 33.3 Å². The van der Waals surface area contributed by atoms with E-state index in [0.29, 0.717) is 26.1 Å². The fourth-order valence-electron chi connectivity index (χ4n) is 4.15. The van der Waals surface area contributed by atoms with Crippen molar-refractivity contribution in [1.82, 2.24) is 9.80 Å². The summed E-state index contributed by atoms with van der Waals surface area (Å²) in [5.74, 6) is 0.260. The molecule has 1 aromatic carbocycles. The lowest BCUT2D eigenvalue weighted by atomic mass is 9.77. The molecule has 0 saturated carbocycles. The van der Waals surface area contributed by atoms with E-state index in [0.717, 1.165) is 24.9 Å². The molecule has 2 saturated heterocycles. The summed E-state index contributed by atoms with van der Waals surface area (Å²) in [5.41, 5.74) is 2.14. The van der Waals surface area contributed by atoms with Gasteiger partial charge in [-0.05, 0) is 32.3 Å². The van der Waals surface area contributed by atoms with Crippen LogP contribution in [0.4, 0.5) is 0 Å². The summed E-state index contributed by atoms with van der Waals surface area (Å²) in [5, 5.41) is 0. The van der Waals surface area contributed by atoms with Crippen LogP contribution in [0, 0.1) is 5.41 Å². The number of hydrogen-bond donors (Lipinski definition) is 0. The Balaban J connectivity index is 1.61. The number of carbonyl (C=O) groups excluding carboxylic acids is 2. The summed E-state index contributed by atoms with van der Waals surface area (Å²) in [6.45, 7) is 7.00. The van der Waals surface area contributed by atoms with Crippen LogP contribution in [0.1, 0.15) is 44.8 Å². The molecule has 27 heavy (non-hydrogen) atoms. The number of nitrogens with zero attached hydrogens (tertiary/aromatic N) is 2. The van der Waals surface area contributed by atoms with Crippen LogP contribution >= 0.6 is 0 Å². The number of rotatable bonds is 5. The number of hydrogen-bond acceptors (Lipinski definition) is 3. The van der Waals surface area contributed by atoms with Crippen molar-refractivity contribution in [2.24, 2.45) is 5.41 Å². The van der Waals surface area contributed by atoms with E-state index in [1.54, 1.807) is 7.11 Å². The van der Waals surface area contributed by atoms with E-state index in [9.17, 15) is 9.59 Å². The second kappa shape index (κ2) is 8.26. The van der Waals surface area contributed by atoms with Crippen molar-refractivity contribution in [3.63, 3.8) is 0 Å². The summed E-state index contributed by atoms with van der Waals surface area (Å²) in [6.07, 6.45) is 3.92. The predicted molar refractivity (Wildman–Crippen MR) is 105 cm³/mol. The van der Waals surface area contributed by atoms with Crippen molar-refractivity contribution >= 4 is 11.8 Å². The molecule has 0 radical (unpaired) electrons. The first-order valence-electron chi connectivity index (χ1n) is 9.72. The first-order chi connectivity index (χ1) is 12.9. The SMILES string of the molecule is CO[C@H](C(=O)N1CCC2(CC1)CC(=O)N(CC=C(C)C)C2)c1ccccc1. The van der Waals surface area contributed by atoms with Crippen molar-refractivity contribution in [1.29, 1.82) is 0 Å². The summed E-state index contributed by atoms with van der Waals surface area (Å²) >= 11 is 0. The maximum atomic E-state index is 13.0. The zero-order valence-corrected chi connectivity index (χ0v) is 16.6. The zero-order valence-electron chi connectivity index (χ0n) is 16.6. The molecule has 0 bridgehead atoms. The predicted octanol–water partition coefficient (Wildman–Crippen LogP) is 3.18. The molecule has 0 unspecified atom stereocenters. The molecule has 2 aliphatic heterocycles. The lowest BCUT2D eigenvalue weighted by Crippen LogP contribution is -2.46. The highest BCUT2D eigenvalue weighted by atomic mass is 16.5. The van der Waals surface area contributed by atoms with Gasteiger partial charge in [0.15, 0.2) is 6.10 Å². The van der Waals surface area contributed by atoms with E-state index < -0.39 is 6.10 Å². The van der Waals surface area contributed by atoms with Gasteiger partial charge in [-0.15, -0.1) is 0 Å². The number of likely N-dealkylation sites (tertiary alicyclic amines) is 2. The number of benzene rings is 1. The fraction of sp³-hybridized carbons (Fsp3) is 0.545. The summed E-state index contributed by atoms with van der Waals surface area (Å²) in [6, 6.07) is 9.63. The van der Waals surface area contributed by atoms with Gasteiger partial charge in [-0.3, -0.25) is 9.59 Å². The van der Waals surface area contributed by atoms with Gasteiger partial charge in [0.05, 0.1) is 0 Å². The van der Waals surface area contributed by atoms with E-state index in [-0.39, 0.29) is 17.2 Å². The summed E-state index contributed by atoms with van der Waals surface area (Å²) in [4.78, 5) is 29.2. The van der Waals surface area contributed by atoms with Gasteiger partial charge in [-0.2, -0.15) is 0 Å². The van der Waals surface area contributed by atoms with Crippen molar-refractivity contribution < 1.29 is 14.3 Å². The molecule has 2 amide bonds. The van der Waals surface area contributed by atoms with Crippen LogP contribution in [-0.2, 0) is 14.3 Å². The largest absolute Gasteiger partial charge is 0.367 e. The van der Waals surface area contributed by atoms with Crippen LogP contribution in [0.2, 0.25) is 0 Å². The molecule has 146 valence electrons. The molecule has 0 aromatic heterocycles. The van der Waals surface area contributed by atoms with E-state index in [2.05, 4.69) is 19.9 Å². The number of methoxy groups -OCH3 is 1. The average Bonchev–Trinajstić information content (AvgIpc) is 2.97. The van der Waals surface area contributed by atoms with E-state index in [1.807, 2.05) is 40.1 Å². The number of amides is 2. The Morgan fingerprint density at radius 1 is 1.22 bits per heavy atom. The molecule has 1 aromatic rings. The Bertz CT molecular complexity index is 702. The Morgan fingerprint density at radius 2 is 1.89 bits per heavy atom. The third kappa shape index (κ3) is 4.41. The Morgan fingerprint density at radius 3 is 2.48 bits per heavy atom. The molecule has 1 spiro atoms. The van der Waals surface area contributed by atoms with Gasteiger partial charge in [-0.1, -0.05) is 42.0 Å². The van der Waals surface area contributed by atoms with Crippen LogP contribution in [0.15, 0.2) is 42.0 Å². The Kier molecular flexibility index (Phi) is 6.00. The second-order valence-corrected chi connectivity index (χ2v) is 8.08. The normalized spacial score (nSPS) is 20.0. The number of ether oxygens (including phenoxy) is 1. The third-order valence-electron chi connectivity index (χ3n) is 5.82. The van der Waals surface area contributed by atoms with Crippen LogP contribution in [-0.4, -0.2) is 54.9 Å². The first kappa shape index (κ1) is 19.6. The molecule has 1 atom stereocenters. The van der Waals surface area contributed by atoms with Gasteiger partial charge in [0.1, 0.15) is 0 Å². The number of piperidine rings is 1. The highest BCUT2D eigenvalue weighted by Crippen LogP contribution is 2.41. The first-order valence-corrected chi connectivity index (χ1v) is 9.72. The quantitative estimate of drug-likeness (QED) is 0.748. The van der Waals surface area contributed by atoms with Crippen molar-refractivity contribution in [3.05, 3.63) is 47.5 Å². The smallest absolute Gasteiger partial charge is 0.256 e. The molecule has 0 N–H and O–H groups in total. The second-order valence-electron chi connectivity index (χ2n) is 8.08. The molecule has 5 heteroatoms. The summed E-state index contributed by atoms with van der Waals surface area (Å²) in [7, 11) is 1.58. The molecule has 2 aliphatic rings. The van der Waals surface area contributed by atoms with Crippen molar-refractivity contribution in [3.8, 4) is 0 Å². The maximum absolute atomic E-state index is 13.0. The standard InChI is InChI=1S/C22H30N2O3/c1-17(2)9-12-24-16-22(15-19(24)25)10-13-23(14-11-22)21(26)20(27-3)18-7-5-4-6-8-18/h4-9,20H,10-16H2,1-3H3/t20-/m0/s1. The van der Waals surface area contributed by atoms with Gasteiger partial charge in [0.25, 0.3) is 5.91 Å². The monoisotopic (exact) mass is 370 g/mol. The van der Waals surface area contributed by atoms with Gasteiger partial charge >= 0.3 is 0 Å². The van der Waals surface area contributed by atoms with Gasteiger partial charge in [0, 0.05) is 45.1 Å². The lowest BCUT2D eigenvalue weighted by Gasteiger charge is -2.39. The molecule has 3 rings (SSSR count). The summed E-state index contributed by atoms with van der Waals surface area (Å²) < 4.78 is 5.50. The third-order valence-corrected chi connectivity index (χ3v) is 5.82. The molecular weight excluding hydrogens is 340 g/mol. The molecule has 5 nitrogen and oxygen atoms in total. The van der Waals surface area contributed by atoms with Gasteiger partial charge in [0.2, 0.25) is 5.91 Å². The number of carbonyl (C=O) groups is 2. The molecule has 0 aliphatic carbocycles. The highest BCUT2D eigenvalue weighted by molar-refractivity contribution is 5.83. The minimum absolute atomic E-state index is 0.0178. The van der Waals surface area contributed by atoms with Crippen LogP contribution in [0.5, 0.6) is 0 Å². The average molecular weight is 370 g/mol. The zero-order chi connectivity index (χ0) is 19.4. The maximum Gasteiger partial charge on any atom is 0.256 e. The minimum Gasteiger partial charge on any atom is -0.367 e. The molecular formula is C22H30N2O3. The fourth-order valence-corrected chi connectivity index (χ4v) is 4.15. The topological polar surface area (TPSA) is 49.9 Å². The minimum atomic E-state index is -0.556. The van der Waals surface area contributed by atoms with Gasteiger partial charge < -0.3 is 14.5 Å². The lowest BCUT2D eigenvalue weighted by molar-refractivity contribution is -0.144. The van der Waals surface area contributed by atoms with Crippen LogP contribution in [0.3, 0.4) is 0 Å². The Labute approximate surface area is 162 Å². The van der Waals surface area contributed by atoms with E-state index >= 15 is 0 Å². The molecule has 2 heterocycles. The highest BCUT2D eigenvalue weighted by Gasteiger charge is 2.45. The van der Waals surface area contributed by atoms with Crippen molar-refractivity contribution in [2.45, 2.75) is 39.2 Å². The van der Waals surface area contributed by atoms with Crippen LogP contribution < -0.4 is 0 Å². The van der Waals surface area contributed by atoms with E-state index in [1.165, 1.54) is 5.57 Å². The van der Waals surface area contributed by atoms with E-state index in [4.69, 9.17) is 4.74 Å². The Hall–Kier alpha value is -2.14. The number of allylic oxidation sites excluding steroid dienone is 1.